The Bertz CT molecular complexity index is 3040. The molecule has 1 aliphatic carbocycles. The first kappa shape index (κ1) is 64.1. The van der Waals surface area contributed by atoms with Gasteiger partial charge in [-0.25, -0.2) is 0 Å². The van der Waals surface area contributed by atoms with Crippen LogP contribution in [-0.2, 0) is 62.1 Å². The third-order valence-electron chi connectivity index (χ3n) is 14.1. The van der Waals surface area contributed by atoms with Crippen molar-refractivity contribution in [2.75, 3.05) is 51.9 Å². The maximum absolute atomic E-state index is 12.7. The van der Waals surface area contributed by atoms with Gasteiger partial charge in [0.1, 0.15) is 5.75 Å². The van der Waals surface area contributed by atoms with Crippen molar-refractivity contribution in [3.63, 3.8) is 0 Å². The first-order valence-corrected chi connectivity index (χ1v) is 33.2. The number of benzene rings is 2. The van der Waals surface area contributed by atoms with Crippen LogP contribution in [0.4, 0.5) is 11.4 Å². The number of carbonyl (C=O) groups excluding carboxylic acids is 2. The lowest BCUT2D eigenvalue weighted by Crippen LogP contribution is -2.42. The molecule has 2 aromatic carbocycles. The molecule has 0 bridgehead atoms. The average Bonchev–Trinajstić information content (AvgIpc) is 3.91. The predicted molar refractivity (Wildman–Crippen MR) is 316 cm³/mol. The molecule has 2 aromatic rings. The summed E-state index contributed by atoms with van der Waals surface area (Å²) in [5.74, 6) is -0.873. The zero-order valence-electron chi connectivity index (χ0n) is 44.0. The van der Waals surface area contributed by atoms with Crippen LogP contribution in [0.3, 0.4) is 0 Å². The standard InChI is InChI=1S/C55H73IN4O14S4/c1-54(32-19-24-43-22-11-5-3-6-12-23-43)47-41-45(78(71,72)73)29-31-49(47)60(37-21-39-77(68,69)70)50(54)25-13-7-4-8-14-26-51-55(2,33-20-38-76(65,66)67)46-40-44(74-75(63)64)28-30-48(46)59(51)36-18-9-15-27-52(61)57-34-16-10-17-35-58-53(62)42-56/h3-8,11-14,22-23,25-26,28-31,40-41,50H,9-10,15-21,24,27,32-39,42H2,1-2H3,(H,57,61)(H,58,62)(H,63,64)(H,65,66,67)(H,68,69,70)(H,71,72,73)/b5-3-,6-3?,7-4+,11-5?,12-6-,14-8+,22-11?,23-12?,25-13+,43-22?,43-23?,51-26+. The Balaban J connectivity index is 1.39. The number of nitrogens with zero attached hydrogens (tertiary/aromatic N) is 2. The second-order valence-corrected chi connectivity index (χ2v) is 25.8. The smallest absolute Gasteiger partial charge is 0.357 e. The summed E-state index contributed by atoms with van der Waals surface area (Å²) in [5, 5.41) is 5.81. The third-order valence-corrected chi connectivity index (χ3v) is 17.5. The second kappa shape index (κ2) is 30.2. The summed E-state index contributed by atoms with van der Waals surface area (Å²) in [6.45, 7) is 5.84. The molecule has 3 aliphatic rings. The highest BCUT2D eigenvalue weighted by molar-refractivity contribution is 14.1. The van der Waals surface area contributed by atoms with Crippen molar-refractivity contribution in [3.05, 3.63) is 144 Å². The van der Waals surface area contributed by atoms with Crippen molar-refractivity contribution in [2.45, 2.75) is 119 Å². The molecule has 0 radical (unpaired) electrons. The van der Waals surface area contributed by atoms with E-state index in [1.807, 2.05) is 126 Å². The van der Waals surface area contributed by atoms with Gasteiger partial charge in [0.05, 0.1) is 26.9 Å². The lowest BCUT2D eigenvalue weighted by molar-refractivity contribution is -0.121. The van der Waals surface area contributed by atoms with Gasteiger partial charge < -0.3 is 24.6 Å². The molecule has 23 heteroatoms. The highest BCUT2D eigenvalue weighted by Crippen LogP contribution is 2.52. The van der Waals surface area contributed by atoms with Crippen molar-refractivity contribution >= 4 is 87.5 Å². The summed E-state index contributed by atoms with van der Waals surface area (Å²) in [6, 6.07) is 9.02. The van der Waals surface area contributed by atoms with Crippen LogP contribution in [0.2, 0.25) is 0 Å². The number of alkyl halides is 1. The van der Waals surface area contributed by atoms with Crippen molar-refractivity contribution in [2.24, 2.45) is 0 Å². The van der Waals surface area contributed by atoms with E-state index in [-0.39, 0.29) is 48.3 Å². The topological polar surface area (TPSA) is 274 Å². The summed E-state index contributed by atoms with van der Waals surface area (Å²) in [5.41, 5.74) is 3.14. The number of hydrogen-bond donors (Lipinski definition) is 6. The average molecular weight is 1270 g/mol. The number of carbonyl (C=O) groups is 2. The summed E-state index contributed by atoms with van der Waals surface area (Å²) in [6.07, 6.45) is 34.1. The first-order chi connectivity index (χ1) is 36.9. The van der Waals surface area contributed by atoms with Gasteiger partial charge in [-0.05, 0) is 137 Å². The number of rotatable bonds is 32. The molecule has 18 nitrogen and oxygen atoms in total. The van der Waals surface area contributed by atoms with Crippen LogP contribution in [-0.4, -0.2) is 108 Å². The molecule has 78 heavy (non-hydrogen) atoms. The van der Waals surface area contributed by atoms with Gasteiger partial charge in [-0.15, -0.1) is 0 Å². The van der Waals surface area contributed by atoms with Gasteiger partial charge in [-0.1, -0.05) is 115 Å². The number of anilines is 2. The first-order valence-electron chi connectivity index (χ1n) is 26.0. The van der Waals surface area contributed by atoms with E-state index in [4.69, 9.17) is 4.18 Å². The van der Waals surface area contributed by atoms with Crippen LogP contribution in [0.5, 0.6) is 5.75 Å². The number of fused-ring (bicyclic) bond motifs is 2. The largest absolute Gasteiger partial charge is 0.380 e. The number of hydrogen-bond acceptors (Lipinski definition) is 12. The van der Waals surface area contributed by atoms with Crippen LogP contribution in [0.15, 0.2) is 138 Å². The molecule has 2 aliphatic heterocycles. The molecule has 5 rings (SSSR count). The van der Waals surface area contributed by atoms with E-state index < -0.39 is 70.1 Å². The number of allylic oxidation sites excluding steroid dienone is 15. The predicted octanol–water partition coefficient (Wildman–Crippen LogP) is 9.35. The number of amides is 2. The Kier molecular flexibility index (Phi) is 24.8. The fourth-order valence-electron chi connectivity index (χ4n) is 10.3. The molecule has 2 heterocycles. The summed E-state index contributed by atoms with van der Waals surface area (Å²) in [7, 11) is -13.2. The lowest BCUT2D eigenvalue weighted by Gasteiger charge is -2.35. The SMILES string of the molecule is CC1(CCCS(=O)(=O)O)\C(=C/C=C/C=C/C=C/C2N(CCCS(=O)(=O)O)c3ccc(S(=O)(=O)O)cc3C2(C)CCCC2=C/C=C\C=C/C=C2)N(CCCCCC(=O)NCCCCCNC(=O)CI)c2ccc(OS(=O)O)cc21. The van der Waals surface area contributed by atoms with Gasteiger partial charge in [-0.3, -0.25) is 27.8 Å². The molecule has 0 saturated carbocycles. The fraction of sp³-hybridized carbons (Fsp3) is 0.455. The number of nitrogens with one attached hydrogen (secondary N) is 2. The normalized spacial score (nSPS) is 21.2. The van der Waals surface area contributed by atoms with Crippen molar-refractivity contribution in [3.8, 4) is 5.75 Å². The van der Waals surface area contributed by atoms with Crippen LogP contribution in [0.25, 0.3) is 0 Å². The second-order valence-electron chi connectivity index (χ2n) is 19.8. The van der Waals surface area contributed by atoms with Crippen molar-refractivity contribution < 1.29 is 61.4 Å². The summed E-state index contributed by atoms with van der Waals surface area (Å²) >= 11 is -0.600. The maximum Gasteiger partial charge on any atom is 0.357 e. The highest BCUT2D eigenvalue weighted by Gasteiger charge is 2.47. The molecule has 2 amide bonds. The third kappa shape index (κ3) is 19.8. The van der Waals surface area contributed by atoms with Gasteiger partial charge in [-0.2, -0.15) is 29.5 Å². The van der Waals surface area contributed by atoms with Gasteiger partial charge in [0, 0.05) is 60.5 Å². The zero-order valence-corrected chi connectivity index (χ0v) is 49.5. The molecule has 0 saturated heterocycles. The Hall–Kier alpha value is -4.73. The van der Waals surface area contributed by atoms with Crippen molar-refractivity contribution in [1.82, 2.24) is 10.6 Å². The lowest BCUT2D eigenvalue weighted by atomic mass is 9.74. The summed E-state index contributed by atoms with van der Waals surface area (Å²) in [4.78, 5) is 27.9. The molecule has 6 N–H and O–H groups in total. The Labute approximate surface area is 476 Å². The molecule has 428 valence electrons. The van der Waals surface area contributed by atoms with Crippen LogP contribution < -0.4 is 24.6 Å². The molecular weight excluding hydrogens is 1200 g/mol. The molecule has 0 aromatic heterocycles. The van der Waals surface area contributed by atoms with Crippen molar-refractivity contribution in [1.29, 1.82) is 0 Å². The van der Waals surface area contributed by atoms with E-state index >= 15 is 0 Å². The van der Waals surface area contributed by atoms with Gasteiger partial charge >= 0.3 is 11.4 Å². The monoisotopic (exact) mass is 1270 g/mol. The quantitative estimate of drug-likeness (QED) is 0.00994. The van der Waals surface area contributed by atoms with E-state index in [9.17, 15) is 57.3 Å². The molecule has 4 atom stereocenters. The molecule has 4 unspecified atom stereocenters. The number of halogens is 1. The van der Waals surface area contributed by atoms with Gasteiger partial charge in [0.25, 0.3) is 30.4 Å². The van der Waals surface area contributed by atoms with E-state index in [0.717, 1.165) is 41.8 Å². The maximum atomic E-state index is 12.7. The van der Waals surface area contributed by atoms with E-state index in [2.05, 4.69) is 15.5 Å². The van der Waals surface area contributed by atoms with Gasteiger partial charge in [0.15, 0.2) is 0 Å². The summed E-state index contributed by atoms with van der Waals surface area (Å²) < 4.78 is 129. The minimum Gasteiger partial charge on any atom is -0.380 e. The Morgan fingerprint density at radius 3 is 2.08 bits per heavy atom. The molecular formula is C55H73IN4O14S4. The minimum atomic E-state index is -4.58. The van der Waals surface area contributed by atoms with E-state index in [1.165, 1.54) is 12.1 Å². The zero-order chi connectivity index (χ0) is 57.0. The highest BCUT2D eigenvalue weighted by atomic mass is 127. The molecule has 0 fully saturated rings. The number of unbranched alkanes of at least 4 members (excludes halogenated alkanes) is 4. The van der Waals surface area contributed by atoms with E-state index in [0.29, 0.717) is 80.3 Å². The van der Waals surface area contributed by atoms with Crippen LogP contribution in [0.1, 0.15) is 108 Å². The van der Waals surface area contributed by atoms with E-state index in [1.54, 1.807) is 24.3 Å². The van der Waals surface area contributed by atoms with Crippen LogP contribution >= 0.6 is 22.6 Å². The Morgan fingerprint density at radius 2 is 1.37 bits per heavy atom. The minimum absolute atomic E-state index is 0.00419. The fourth-order valence-corrected chi connectivity index (χ4v) is 12.3. The molecule has 0 spiro atoms. The van der Waals surface area contributed by atoms with Crippen LogP contribution in [0, 0.1) is 0 Å². The van der Waals surface area contributed by atoms with Gasteiger partial charge in [0.2, 0.25) is 11.8 Å². The Morgan fingerprint density at radius 1 is 0.718 bits per heavy atom.